The van der Waals surface area contributed by atoms with Gasteiger partial charge in [-0.25, -0.2) is 4.79 Å². The number of carbonyl (C=O) groups excluding carboxylic acids is 3. The molecule has 0 saturated carbocycles. The molecule has 9 heteroatoms. The molecule has 0 bridgehead atoms. The monoisotopic (exact) mass is 273 g/mol. The average molecular weight is 273 g/mol. The lowest BCUT2D eigenvalue weighted by atomic mass is 10.1. The molecule has 9 nitrogen and oxygen atoms in total. The highest BCUT2D eigenvalue weighted by Crippen LogP contribution is 2.05. The maximum absolute atomic E-state index is 11.6. The molecule has 0 spiro atoms. The highest BCUT2D eigenvalue weighted by molar-refractivity contribution is 5.91. The third kappa shape index (κ3) is 4.92. The van der Waals surface area contributed by atoms with Crippen LogP contribution in [-0.2, 0) is 24.0 Å². The Morgan fingerprint density at radius 1 is 1.53 bits per heavy atom. The summed E-state index contributed by atoms with van der Waals surface area (Å²) in [6, 6.07) is -1.95. The minimum Gasteiger partial charge on any atom is -0.481 e. The first kappa shape index (κ1) is 14.9. The minimum atomic E-state index is -1.06. The lowest BCUT2D eigenvalue weighted by molar-refractivity contribution is -0.156. The van der Waals surface area contributed by atoms with E-state index >= 15 is 0 Å². The first-order valence-corrected chi connectivity index (χ1v) is 5.67. The largest absolute Gasteiger partial charge is 0.481 e. The number of nitrogens with two attached hydrogens (primary N) is 1. The molecule has 5 N–H and O–H groups in total. The second-order valence-electron chi connectivity index (χ2n) is 4.08. The molecule has 2 atom stereocenters. The van der Waals surface area contributed by atoms with Crippen molar-refractivity contribution in [3.63, 3.8) is 0 Å². The SMILES string of the molecule is N[C@@H](CCC(=O)O)C(=O)N[C@@H]1CCC(=O)ONC1=O. The molecule has 0 unspecified atom stereocenters. The standard InChI is InChI=1S/C10H15N3O6/c11-5(1-3-7(14)15)9(17)12-6-2-4-8(16)19-13-10(6)18/h5-6H,1-4,11H2,(H,12,17)(H,13,18)(H,14,15)/t5-,6+/m0/s1. The van der Waals surface area contributed by atoms with E-state index in [0.717, 1.165) is 0 Å². The molecule has 1 heterocycles. The van der Waals surface area contributed by atoms with Crippen LogP contribution in [0.4, 0.5) is 0 Å². The number of nitrogens with one attached hydrogen (secondary N) is 2. The summed E-state index contributed by atoms with van der Waals surface area (Å²) >= 11 is 0. The fourth-order valence-electron chi connectivity index (χ4n) is 1.45. The first-order chi connectivity index (χ1) is 8.90. The van der Waals surface area contributed by atoms with Crippen molar-refractivity contribution in [2.75, 3.05) is 0 Å². The average Bonchev–Trinajstić information content (AvgIpc) is 2.51. The maximum Gasteiger partial charge on any atom is 0.332 e. The predicted molar refractivity (Wildman–Crippen MR) is 60.2 cm³/mol. The van der Waals surface area contributed by atoms with E-state index in [4.69, 9.17) is 10.8 Å². The molecule has 0 aromatic heterocycles. The molecule has 1 rings (SSSR count). The van der Waals surface area contributed by atoms with Crippen LogP contribution in [0.1, 0.15) is 25.7 Å². The fraction of sp³-hybridized carbons (Fsp3) is 0.600. The highest BCUT2D eigenvalue weighted by Gasteiger charge is 2.28. The Kier molecular flexibility index (Phi) is 5.24. The highest BCUT2D eigenvalue weighted by atomic mass is 16.7. The van der Waals surface area contributed by atoms with Gasteiger partial charge >= 0.3 is 11.9 Å². The van der Waals surface area contributed by atoms with Crippen molar-refractivity contribution in [3.8, 4) is 0 Å². The Bertz CT molecular complexity index is 397. The van der Waals surface area contributed by atoms with Gasteiger partial charge < -0.3 is 21.0 Å². The third-order valence-electron chi connectivity index (χ3n) is 2.54. The number of carboxylic acid groups (broad SMARTS) is 1. The molecule has 0 aromatic rings. The minimum absolute atomic E-state index is 0.0198. The number of carboxylic acids is 1. The summed E-state index contributed by atoms with van der Waals surface area (Å²) in [5.41, 5.74) is 7.39. The summed E-state index contributed by atoms with van der Waals surface area (Å²) < 4.78 is 0. The quantitative estimate of drug-likeness (QED) is 0.454. The zero-order chi connectivity index (χ0) is 14.4. The summed E-state index contributed by atoms with van der Waals surface area (Å²) in [5, 5.41) is 10.8. The molecule has 1 aliphatic rings. The molecule has 1 fully saturated rings. The second kappa shape index (κ2) is 6.69. The normalized spacial score (nSPS) is 20.8. The van der Waals surface area contributed by atoms with E-state index in [1.54, 1.807) is 0 Å². The van der Waals surface area contributed by atoms with Crippen molar-refractivity contribution < 1.29 is 29.1 Å². The third-order valence-corrected chi connectivity index (χ3v) is 2.54. The summed E-state index contributed by atoms with van der Waals surface area (Å²) in [4.78, 5) is 48.7. The summed E-state index contributed by atoms with van der Waals surface area (Å²) in [7, 11) is 0. The van der Waals surface area contributed by atoms with Crippen LogP contribution in [0.25, 0.3) is 0 Å². The van der Waals surface area contributed by atoms with Crippen LogP contribution in [0.3, 0.4) is 0 Å². The molecule has 0 aliphatic carbocycles. The Hall–Kier alpha value is -2.16. The smallest absolute Gasteiger partial charge is 0.332 e. The van der Waals surface area contributed by atoms with Crippen LogP contribution in [0.5, 0.6) is 0 Å². The fourth-order valence-corrected chi connectivity index (χ4v) is 1.45. The molecular weight excluding hydrogens is 258 g/mol. The summed E-state index contributed by atoms with van der Waals surface area (Å²) in [5.74, 6) is -2.95. The summed E-state index contributed by atoms with van der Waals surface area (Å²) in [6.45, 7) is 0. The first-order valence-electron chi connectivity index (χ1n) is 5.67. The molecule has 106 valence electrons. The Morgan fingerprint density at radius 2 is 2.21 bits per heavy atom. The number of rotatable bonds is 5. The van der Waals surface area contributed by atoms with Gasteiger partial charge in [-0.15, -0.1) is 0 Å². The van der Waals surface area contributed by atoms with Crippen LogP contribution < -0.4 is 16.5 Å². The molecule has 1 aliphatic heterocycles. The molecule has 19 heavy (non-hydrogen) atoms. The lowest BCUT2D eigenvalue weighted by Gasteiger charge is -2.17. The van der Waals surface area contributed by atoms with E-state index in [1.807, 2.05) is 5.48 Å². The number of hydrogen-bond donors (Lipinski definition) is 4. The molecule has 1 saturated heterocycles. The van der Waals surface area contributed by atoms with E-state index in [2.05, 4.69) is 10.2 Å². The van der Waals surface area contributed by atoms with E-state index in [-0.39, 0.29) is 25.7 Å². The van der Waals surface area contributed by atoms with Crippen molar-refractivity contribution in [2.24, 2.45) is 5.73 Å². The van der Waals surface area contributed by atoms with Gasteiger partial charge in [-0.1, -0.05) is 0 Å². The van der Waals surface area contributed by atoms with Crippen molar-refractivity contribution >= 4 is 23.8 Å². The molecule has 2 amide bonds. The van der Waals surface area contributed by atoms with Gasteiger partial charge in [0.15, 0.2) is 0 Å². The van der Waals surface area contributed by atoms with Crippen LogP contribution in [0.2, 0.25) is 0 Å². The number of carbonyl (C=O) groups is 4. The van der Waals surface area contributed by atoms with Gasteiger partial charge in [0, 0.05) is 6.42 Å². The lowest BCUT2D eigenvalue weighted by Crippen LogP contribution is -2.50. The van der Waals surface area contributed by atoms with Gasteiger partial charge in [-0.2, -0.15) is 5.48 Å². The maximum atomic E-state index is 11.6. The van der Waals surface area contributed by atoms with Gasteiger partial charge in [0.1, 0.15) is 6.04 Å². The van der Waals surface area contributed by atoms with Gasteiger partial charge in [0.05, 0.1) is 12.5 Å². The van der Waals surface area contributed by atoms with E-state index < -0.39 is 35.8 Å². The molecule has 0 radical (unpaired) electrons. The van der Waals surface area contributed by atoms with Crippen LogP contribution in [0, 0.1) is 0 Å². The van der Waals surface area contributed by atoms with Gasteiger partial charge in [0.25, 0.3) is 5.91 Å². The zero-order valence-corrected chi connectivity index (χ0v) is 10.0. The molecular formula is C10H15N3O6. The van der Waals surface area contributed by atoms with E-state index in [0.29, 0.717) is 0 Å². The zero-order valence-electron chi connectivity index (χ0n) is 10.0. The van der Waals surface area contributed by atoms with Gasteiger partial charge in [-0.05, 0) is 12.8 Å². The van der Waals surface area contributed by atoms with Crippen molar-refractivity contribution in [1.82, 2.24) is 10.8 Å². The van der Waals surface area contributed by atoms with Crippen molar-refractivity contribution in [2.45, 2.75) is 37.8 Å². The van der Waals surface area contributed by atoms with E-state index in [1.165, 1.54) is 0 Å². The van der Waals surface area contributed by atoms with Gasteiger partial charge in [0.2, 0.25) is 5.91 Å². The molecule has 0 aromatic carbocycles. The Balaban J connectivity index is 2.48. The van der Waals surface area contributed by atoms with Crippen LogP contribution >= 0.6 is 0 Å². The van der Waals surface area contributed by atoms with Crippen LogP contribution in [0.15, 0.2) is 0 Å². The Morgan fingerprint density at radius 3 is 2.84 bits per heavy atom. The van der Waals surface area contributed by atoms with E-state index in [9.17, 15) is 19.2 Å². The van der Waals surface area contributed by atoms with Crippen LogP contribution in [-0.4, -0.2) is 40.9 Å². The Labute approximate surface area is 108 Å². The number of amides is 2. The summed E-state index contributed by atoms with van der Waals surface area (Å²) in [6.07, 6.45) is -0.200. The number of aliphatic carboxylic acids is 1. The van der Waals surface area contributed by atoms with Crippen molar-refractivity contribution in [3.05, 3.63) is 0 Å². The van der Waals surface area contributed by atoms with Gasteiger partial charge in [-0.3, -0.25) is 14.4 Å². The number of hydrogen-bond acceptors (Lipinski definition) is 6. The predicted octanol–water partition coefficient (Wildman–Crippen LogP) is -1.97. The van der Waals surface area contributed by atoms with Crippen molar-refractivity contribution in [1.29, 1.82) is 0 Å². The second-order valence-corrected chi connectivity index (χ2v) is 4.08. The number of hydroxylamine groups is 1. The topological polar surface area (TPSA) is 148 Å².